The van der Waals surface area contributed by atoms with Crippen molar-refractivity contribution in [2.24, 2.45) is 0 Å². The van der Waals surface area contributed by atoms with Crippen LogP contribution in [0.1, 0.15) is 11.8 Å². The molecule has 0 aliphatic carbocycles. The third-order valence-electron chi connectivity index (χ3n) is 4.69. The fraction of sp³-hybridized carbons (Fsp3) is 0.353. The summed E-state index contributed by atoms with van der Waals surface area (Å²) in [5.74, 6) is 0.246. The molecular weight excluding hydrogens is 406 g/mol. The number of nitrogens with one attached hydrogen (secondary N) is 1. The topological polar surface area (TPSA) is 166 Å². The van der Waals surface area contributed by atoms with E-state index in [1.807, 2.05) is 0 Å². The Labute approximate surface area is 168 Å². The van der Waals surface area contributed by atoms with Crippen LogP contribution in [0, 0.1) is 0 Å². The Balaban J connectivity index is 1.66. The second-order valence-electron chi connectivity index (χ2n) is 6.56. The number of halogens is 1. The van der Waals surface area contributed by atoms with Crippen LogP contribution < -0.4 is 5.32 Å². The lowest BCUT2D eigenvalue weighted by Gasteiger charge is -2.16. The lowest BCUT2D eigenvalue weighted by atomic mass is 10.1. The lowest BCUT2D eigenvalue weighted by Crippen LogP contribution is -2.33. The summed E-state index contributed by atoms with van der Waals surface area (Å²) in [5.41, 5.74) is 0.977. The predicted molar refractivity (Wildman–Crippen MR) is 100 cm³/mol. The molecule has 3 heterocycles. The molecule has 1 aromatic carbocycles. The van der Waals surface area contributed by atoms with Gasteiger partial charge < -0.3 is 35.6 Å². The molecular formula is C17H18ClN5O6. The standard InChI is InChI=1S/C17H18ClN5O6/c18-17-21-14(19-4-7-3-8(25)1-2-9(7)26)11-15(22-17)23(6-20-11)16-13(28)12(27)10(5-24)29-16/h1-3,6,10,12-13,16,24-28H,4-5H2,(H,19,21,22)/t10-,12-,13-,16?/m1/s1. The number of phenolic OH excluding ortho intramolecular Hbond substituents is 2. The predicted octanol–water partition coefficient (Wildman–Crippen LogP) is 0.114. The van der Waals surface area contributed by atoms with Crippen molar-refractivity contribution in [3.8, 4) is 11.5 Å². The molecule has 1 aliphatic rings. The molecule has 3 aromatic rings. The molecule has 0 saturated carbocycles. The highest BCUT2D eigenvalue weighted by Gasteiger charge is 2.44. The highest BCUT2D eigenvalue weighted by molar-refractivity contribution is 6.28. The van der Waals surface area contributed by atoms with Crippen molar-refractivity contribution in [3.05, 3.63) is 35.4 Å². The van der Waals surface area contributed by atoms with Gasteiger partial charge >= 0.3 is 0 Å². The Hall–Kier alpha value is -2.70. The summed E-state index contributed by atoms with van der Waals surface area (Å²) in [6.07, 6.45) is -3.20. The average molecular weight is 424 g/mol. The van der Waals surface area contributed by atoms with Gasteiger partial charge in [0.05, 0.1) is 12.9 Å². The first-order chi connectivity index (χ1) is 13.9. The van der Waals surface area contributed by atoms with Crippen LogP contribution in [0.2, 0.25) is 5.28 Å². The summed E-state index contributed by atoms with van der Waals surface area (Å²) in [6.45, 7) is -0.347. The summed E-state index contributed by atoms with van der Waals surface area (Å²) in [5, 5.41) is 51.9. The monoisotopic (exact) mass is 423 g/mol. The van der Waals surface area contributed by atoms with Crippen LogP contribution in [0.5, 0.6) is 11.5 Å². The van der Waals surface area contributed by atoms with E-state index < -0.39 is 31.1 Å². The number of aliphatic hydroxyl groups is 3. The van der Waals surface area contributed by atoms with E-state index in [0.29, 0.717) is 11.1 Å². The number of phenols is 2. The lowest BCUT2D eigenvalue weighted by molar-refractivity contribution is -0.0511. The average Bonchev–Trinajstić information content (AvgIpc) is 3.23. The van der Waals surface area contributed by atoms with Crippen molar-refractivity contribution >= 4 is 28.6 Å². The molecule has 29 heavy (non-hydrogen) atoms. The van der Waals surface area contributed by atoms with Crippen molar-refractivity contribution in [1.29, 1.82) is 0 Å². The highest BCUT2D eigenvalue weighted by Crippen LogP contribution is 2.33. The van der Waals surface area contributed by atoms with E-state index in [1.165, 1.54) is 29.1 Å². The second-order valence-corrected chi connectivity index (χ2v) is 6.90. The van der Waals surface area contributed by atoms with Crippen LogP contribution in [0.25, 0.3) is 11.2 Å². The van der Waals surface area contributed by atoms with Crippen LogP contribution in [-0.4, -0.2) is 70.0 Å². The minimum atomic E-state index is -1.31. The number of fused-ring (bicyclic) bond motifs is 1. The number of anilines is 1. The molecule has 12 heteroatoms. The summed E-state index contributed by atoms with van der Waals surface area (Å²) >= 11 is 6.03. The summed E-state index contributed by atoms with van der Waals surface area (Å²) in [7, 11) is 0. The number of aromatic hydroxyl groups is 2. The minimum absolute atomic E-state index is 0.000824. The molecule has 0 radical (unpaired) electrons. The molecule has 1 aliphatic heterocycles. The largest absolute Gasteiger partial charge is 0.508 e. The Morgan fingerprint density at radius 1 is 1.17 bits per heavy atom. The van der Waals surface area contributed by atoms with E-state index in [0.717, 1.165) is 0 Å². The van der Waals surface area contributed by atoms with Crippen molar-refractivity contribution in [2.75, 3.05) is 11.9 Å². The number of imidazole rings is 1. The molecule has 11 nitrogen and oxygen atoms in total. The second kappa shape index (κ2) is 7.61. The Bertz CT molecular complexity index is 1050. The smallest absolute Gasteiger partial charge is 0.226 e. The van der Waals surface area contributed by atoms with E-state index >= 15 is 0 Å². The molecule has 0 spiro atoms. The third-order valence-corrected chi connectivity index (χ3v) is 4.86. The molecule has 4 rings (SSSR count). The summed E-state index contributed by atoms with van der Waals surface area (Å²) in [4.78, 5) is 12.5. The van der Waals surface area contributed by atoms with Crippen LogP contribution in [-0.2, 0) is 11.3 Å². The zero-order valence-corrected chi connectivity index (χ0v) is 15.6. The normalized spacial score (nSPS) is 24.3. The molecule has 154 valence electrons. The summed E-state index contributed by atoms with van der Waals surface area (Å²) in [6, 6.07) is 4.13. The number of nitrogens with zero attached hydrogens (tertiary/aromatic N) is 4. The van der Waals surface area contributed by atoms with Crippen LogP contribution in [0.15, 0.2) is 24.5 Å². The van der Waals surface area contributed by atoms with Gasteiger partial charge in [0.25, 0.3) is 0 Å². The van der Waals surface area contributed by atoms with E-state index in [1.54, 1.807) is 0 Å². The SMILES string of the molecule is OC[C@H]1OC(n2cnc3c(NCc4cc(O)ccc4O)nc(Cl)nc32)[C@H](O)[C@@H]1O. The molecule has 0 amide bonds. The molecule has 0 bridgehead atoms. The number of aliphatic hydroxyl groups excluding tert-OH is 3. The Morgan fingerprint density at radius 2 is 1.97 bits per heavy atom. The van der Waals surface area contributed by atoms with Gasteiger partial charge in [-0.3, -0.25) is 4.57 Å². The zero-order valence-electron chi connectivity index (χ0n) is 14.8. The van der Waals surface area contributed by atoms with Gasteiger partial charge in [-0.2, -0.15) is 9.97 Å². The molecule has 4 atom stereocenters. The quantitative estimate of drug-likeness (QED) is 0.245. The van der Waals surface area contributed by atoms with Gasteiger partial charge in [-0.1, -0.05) is 0 Å². The van der Waals surface area contributed by atoms with Crippen molar-refractivity contribution in [3.63, 3.8) is 0 Å². The van der Waals surface area contributed by atoms with E-state index in [9.17, 15) is 25.5 Å². The molecule has 1 unspecified atom stereocenters. The van der Waals surface area contributed by atoms with Gasteiger partial charge in [-0.25, -0.2) is 4.98 Å². The first-order valence-electron chi connectivity index (χ1n) is 8.66. The van der Waals surface area contributed by atoms with Gasteiger partial charge in [-0.15, -0.1) is 0 Å². The number of aromatic nitrogens is 4. The van der Waals surface area contributed by atoms with E-state index in [4.69, 9.17) is 16.3 Å². The van der Waals surface area contributed by atoms with Crippen LogP contribution in [0.3, 0.4) is 0 Å². The number of hydrogen-bond donors (Lipinski definition) is 6. The third kappa shape index (κ3) is 3.54. The van der Waals surface area contributed by atoms with Crippen molar-refractivity contribution < 1.29 is 30.3 Å². The Kier molecular flexibility index (Phi) is 5.15. The van der Waals surface area contributed by atoms with Gasteiger partial charge in [0.15, 0.2) is 23.2 Å². The van der Waals surface area contributed by atoms with E-state index in [2.05, 4.69) is 20.3 Å². The van der Waals surface area contributed by atoms with Crippen LogP contribution in [0.4, 0.5) is 5.82 Å². The van der Waals surface area contributed by atoms with Crippen molar-refractivity contribution in [1.82, 2.24) is 19.5 Å². The fourth-order valence-electron chi connectivity index (χ4n) is 3.20. The first-order valence-corrected chi connectivity index (χ1v) is 9.04. The first kappa shape index (κ1) is 19.6. The van der Waals surface area contributed by atoms with Gasteiger partial charge in [-0.05, 0) is 29.8 Å². The number of ether oxygens (including phenoxy) is 1. The number of hydrogen-bond acceptors (Lipinski definition) is 10. The van der Waals surface area contributed by atoms with Gasteiger partial charge in [0.2, 0.25) is 5.28 Å². The minimum Gasteiger partial charge on any atom is -0.508 e. The molecule has 1 fully saturated rings. The molecule has 2 aromatic heterocycles. The maximum absolute atomic E-state index is 10.3. The number of rotatable bonds is 5. The highest BCUT2D eigenvalue weighted by atomic mass is 35.5. The molecule has 6 N–H and O–H groups in total. The zero-order chi connectivity index (χ0) is 20.7. The van der Waals surface area contributed by atoms with Gasteiger partial charge in [0.1, 0.15) is 29.8 Å². The maximum atomic E-state index is 10.3. The fourth-order valence-corrected chi connectivity index (χ4v) is 3.37. The number of benzene rings is 1. The maximum Gasteiger partial charge on any atom is 0.226 e. The van der Waals surface area contributed by atoms with Gasteiger partial charge in [0, 0.05) is 12.1 Å². The Morgan fingerprint density at radius 3 is 2.69 bits per heavy atom. The van der Waals surface area contributed by atoms with Crippen molar-refractivity contribution in [2.45, 2.75) is 31.1 Å². The summed E-state index contributed by atoms with van der Waals surface area (Å²) < 4.78 is 6.91. The molecule has 1 saturated heterocycles. The van der Waals surface area contributed by atoms with Crippen LogP contribution >= 0.6 is 11.6 Å². The van der Waals surface area contributed by atoms with E-state index in [-0.39, 0.29) is 34.8 Å².